The zero-order valence-corrected chi connectivity index (χ0v) is 20.1. The Bertz CT molecular complexity index is 1310. The van der Waals surface area contributed by atoms with E-state index in [1.165, 1.54) is 13.2 Å². The van der Waals surface area contributed by atoms with Gasteiger partial charge in [0.25, 0.3) is 11.1 Å². The summed E-state index contributed by atoms with van der Waals surface area (Å²) < 4.78 is 11.0. The van der Waals surface area contributed by atoms with Gasteiger partial charge in [0.1, 0.15) is 0 Å². The van der Waals surface area contributed by atoms with E-state index in [1.54, 1.807) is 66.7 Å². The largest absolute Gasteiger partial charge is 0.493 e. The van der Waals surface area contributed by atoms with E-state index in [2.05, 4.69) is 0 Å². The third-order valence-electron chi connectivity index (χ3n) is 4.95. The van der Waals surface area contributed by atoms with Crippen molar-refractivity contribution < 1.29 is 23.9 Å². The molecule has 172 valence electrons. The maximum Gasteiger partial charge on any atom is 0.343 e. The number of thioether (sulfide) groups is 1. The van der Waals surface area contributed by atoms with Gasteiger partial charge in [0, 0.05) is 15.6 Å². The van der Waals surface area contributed by atoms with Gasteiger partial charge in [0.2, 0.25) is 0 Å². The minimum Gasteiger partial charge on any atom is -0.493 e. The van der Waals surface area contributed by atoms with E-state index in [-0.39, 0.29) is 17.2 Å². The van der Waals surface area contributed by atoms with Crippen molar-refractivity contribution in [1.82, 2.24) is 4.90 Å². The second-order valence-electron chi connectivity index (χ2n) is 7.13. The number of ether oxygens (including phenoxy) is 2. The molecule has 3 aromatic carbocycles. The quantitative estimate of drug-likeness (QED) is 0.214. The van der Waals surface area contributed by atoms with Crippen LogP contribution in [0.2, 0.25) is 10.0 Å². The van der Waals surface area contributed by atoms with Crippen LogP contribution < -0.4 is 9.47 Å². The van der Waals surface area contributed by atoms with Gasteiger partial charge in [0.05, 0.1) is 24.1 Å². The lowest BCUT2D eigenvalue weighted by Crippen LogP contribution is -2.27. The molecule has 1 aliphatic heterocycles. The molecule has 0 aromatic heterocycles. The molecule has 0 saturated carbocycles. The normalized spacial score (nSPS) is 14.6. The lowest BCUT2D eigenvalue weighted by Gasteiger charge is -2.14. The molecule has 0 bridgehead atoms. The molecule has 1 aliphatic rings. The summed E-state index contributed by atoms with van der Waals surface area (Å²) >= 11 is 12.9. The Morgan fingerprint density at radius 1 is 1.00 bits per heavy atom. The van der Waals surface area contributed by atoms with Crippen LogP contribution >= 0.6 is 35.0 Å². The average Bonchev–Trinajstić information content (AvgIpc) is 3.09. The zero-order chi connectivity index (χ0) is 24.2. The number of hydrogen-bond acceptors (Lipinski definition) is 6. The van der Waals surface area contributed by atoms with Crippen molar-refractivity contribution in [1.29, 1.82) is 0 Å². The van der Waals surface area contributed by atoms with E-state index >= 15 is 0 Å². The van der Waals surface area contributed by atoms with Crippen molar-refractivity contribution >= 4 is 58.2 Å². The van der Waals surface area contributed by atoms with Gasteiger partial charge in [-0.2, -0.15) is 0 Å². The monoisotopic (exact) mass is 513 g/mol. The van der Waals surface area contributed by atoms with Crippen molar-refractivity contribution in [2.75, 3.05) is 7.11 Å². The molecule has 6 nitrogen and oxygen atoms in total. The van der Waals surface area contributed by atoms with Crippen LogP contribution in [-0.4, -0.2) is 29.1 Å². The van der Waals surface area contributed by atoms with Gasteiger partial charge >= 0.3 is 5.97 Å². The van der Waals surface area contributed by atoms with Gasteiger partial charge in [-0.05, 0) is 59.8 Å². The number of benzene rings is 3. The lowest BCUT2D eigenvalue weighted by molar-refractivity contribution is -0.123. The second kappa shape index (κ2) is 10.3. The topological polar surface area (TPSA) is 72.9 Å². The van der Waals surface area contributed by atoms with Crippen LogP contribution in [0.3, 0.4) is 0 Å². The SMILES string of the molecule is COc1cccc(/C=C2\SC(=O)N(Cc3ccccc3Cl)C2=O)c1OC(=O)c1ccc(Cl)cc1. The number of carbonyl (C=O) groups is 3. The second-order valence-corrected chi connectivity index (χ2v) is 8.97. The summed E-state index contributed by atoms with van der Waals surface area (Å²) in [5.41, 5.74) is 1.36. The molecule has 0 atom stereocenters. The summed E-state index contributed by atoms with van der Waals surface area (Å²) in [5, 5.41) is 0.538. The lowest BCUT2D eigenvalue weighted by atomic mass is 10.1. The highest BCUT2D eigenvalue weighted by molar-refractivity contribution is 8.18. The minimum absolute atomic E-state index is 0.0538. The predicted molar refractivity (Wildman–Crippen MR) is 132 cm³/mol. The van der Waals surface area contributed by atoms with E-state index < -0.39 is 17.1 Å². The number of nitrogens with zero attached hydrogens (tertiary/aromatic N) is 1. The summed E-state index contributed by atoms with van der Waals surface area (Å²) in [6.07, 6.45) is 1.50. The number of carbonyl (C=O) groups excluding carboxylic acids is 3. The van der Waals surface area contributed by atoms with Gasteiger partial charge in [-0.3, -0.25) is 14.5 Å². The van der Waals surface area contributed by atoms with E-state index in [4.69, 9.17) is 32.7 Å². The maximum absolute atomic E-state index is 13.0. The zero-order valence-electron chi connectivity index (χ0n) is 17.8. The summed E-state index contributed by atoms with van der Waals surface area (Å²) in [6, 6.07) is 18.2. The van der Waals surface area contributed by atoms with Crippen LogP contribution in [0.4, 0.5) is 4.79 Å². The highest BCUT2D eigenvalue weighted by Crippen LogP contribution is 2.38. The van der Waals surface area contributed by atoms with Crippen LogP contribution in [0.1, 0.15) is 21.5 Å². The van der Waals surface area contributed by atoms with Gasteiger partial charge in [-0.25, -0.2) is 4.79 Å². The molecule has 1 saturated heterocycles. The highest BCUT2D eigenvalue weighted by atomic mass is 35.5. The number of halogens is 2. The first-order valence-corrected chi connectivity index (χ1v) is 11.6. The Morgan fingerprint density at radius 2 is 1.74 bits per heavy atom. The fourth-order valence-corrected chi connectivity index (χ4v) is 4.38. The molecule has 0 radical (unpaired) electrons. The van der Waals surface area contributed by atoms with Gasteiger partial charge in [0.15, 0.2) is 11.5 Å². The fraction of sp³-hybridized carbons (Fsp3) is 0.0800. The van der Waals surface area contributed by atoms with Gasteiger partial charge in [-0.1, -0.05) is 53.5 Å². The first-order valence-electron chi connectivity index (χ1n) is 10.0. The molecule has 0 unspecified atom stereocenters. The first kappa shape index (κ1) is 23.9. The maximum atomic E-state index is 13.0. The molecule has 9 heteroatoms. The van der Waals surface area contributed by atoms with Crippen molar-refractivity contribution in [2.45, 2.75) is 6.54 Å². The molecular formula is C25H17Cl2NO5S. The van der Waals surface area contributed by atoms with Crippen molar-refractivity contribution in [3.63, 3.8) is 0 Å². The van der Waals surface area contributed by atoms with E-state index in [0.29, 0.717) is 32.5 Å². The minimum atomic E-state index is -0.623. The highest BCUT2D eigenvalue weighted by Gasteiger charge is 2.35. The molecule has 1 heterocycles. The standard InChI is InChI=1S/C25H17Cl2NO5S/c1-32-20-8-4-6-16(22(20)33-24(30)15-9-11-18(26)12-10-15)13-21-23(29)28(25(31)34-21)14-17-5-2-3-7-19(17)27/h2-13H,14H2,1H3/b21-13-. The molecule has 0 spiro atoms. The fourth-order valence-electron chi connectivity index (χ4n) is 3.23. The van der Waals surface area contributed by atoms with Crippen LogP contribution in [0, 0.1) is 0 Å². The molecule has 34 heavy (non-hydrogen) atoms. The van der Waals surface area contributed by atoms with Crippen molar-refractivity contribution in [2.24, 2.45) is 0 Å². The number of amides is 2. The van der Waals surface area contributed by atoms with Crippen LogP contribution in [0.5, 0.6) is 11.5 Å². The first-order chi connectivity index (χ1) is 16.4. The summed E-state index contributed by atoms with van der Waals surface area (Å²) in [7, 11) is 1.44. The Morgan fingerprint density at radius 3 is 2.44 bits per heavy atom. The van der Waals surface area contributed by atoms with E-state index in [9.17, 15) is 14.4 Å². The van der Waals surface area contributed by atoms with Gasteiger partial charge in [-0.15, -0.1) is 0 Å². The van der Waals surface area contributed by atoms with Crippen LogP contribution in [0.25, 0.3) is 6.08 Å². The van der Waals surface area contributed by atoms with Crippen molar-refractivity contribution in [3.05, 3.63) is 98.4 Å². The Hall–Kier alpha value is -3.26. The summed E-state index contributed by atoms with van der Waals surface area (Å²) in [4.78, 5) is 39.6. The van der Waals surface area contributed by atoms with Gasteiger partial charge < -0.3 is 9.47 Å². The molecule has 3 aromatic rings. The molecule has 1 fully saturated rings. The molecule has 2 amide bonds. The number of methoxy groups -OCH3 is 1. The number of rotatable bonds is 6. The summed E-state index contributed by atoms with van der Waals surface area (Å²) in [5.74, 6) is -0.662. The average molecular weight is 514 g/mol. The Kier molecular flexibility index (Phi) is 7.26. The molecule has 4 rings (SSSR count). The summed E-state index contributed by atoms with van der Waals surface area (Å²) in [6.45, 7) is 0.0538. The number of para-hydroxylation sites is 1. The smallest absolute Gasteiger partial charge is 0.343 e. The Labute approximate surface area is 210 Å². The molecule has 0 N–H and O–H groups in total. The number of esters is 1. The molecule has 0 aliphatic carbocycles. The Balaban J connectivity index is 1.63. The van der Waals surface area contributed by atoms with Crippen molar-refractivity contribution in [3.8, 4) is 11.5 Å². The van der Waals surface area contributed by atoms with Crippen LogP contribution in [-0.2, 0) is 11.3 Å². The van der Waals surface area contributed by atoms with Crippen LogP contribution in [0.15, 0.2) is 71.6 Å². The predicted octanol–water partition coefficient (Wildman–Crippen LogP) is 6.46. The van der Waals surface area contributed by atoms with E-state index in [1.807, 2.05) is 0 Å². The molecular weight excluding hydrogens is 497 g/mol. The number of imide groups is 1. The number of hydrogen-bond donors (Lipinski definition) is 0. The third kappa shape index (κ3) is 5.12. The van der Waals surface area contributed by atoms with E-state index in [0.717, 1.165) is 16.7 Å². The third-order valence-corrected chi connectivity index (χ3v) is 6.48.